The van der Waals surface area contributed by atoms with E-state index < -0.39 is 16.1 Å². The largest absolute Gasteiger partial charge is 0.398 e. The highest BCUT2D eigenvalue weighted by atomic mass is 79.9. The first-order valence-corrected chi connectivity index (χ1v) is 7.70. The van der Waals surface area contributed by atoms with Crippen LogP contribution in [0.4, 0.5) is 5.69 Å². The summed E-state index contributed by atoms with van der Waals surface area (Å²) in [6, 6.07) is 4.61. The summed E-state index contributed by atoms with van der Waals surface area (Å²) in [4.78, 5) is 0.00833. The number of sulfonamides is 1. The van der Waals surface area contributed by atoms with E-state index in [9.17, 15) is 13.5 Å². The minimum atomic E-state index is -3.74. The highest BCUT2D eigenvalue weighted by Crippen LogP contribution is 2.25. The summed E-state index contributed by atoms with van der Waals surface area (Å²) in [5.74, 6) is 0. The number of aliphatic hydroxyl groups is 1. The van der Waals surface area contributed by atoms with Gasteiger partial charge in [0.05, 0.1) is 18.4 Å². The Bertz CT molecular complexity index is 535. The molecule has 1 unspecified atom stereocenters. The average molecular weight is 353 g/mol. The van der Waals surface area contributed by atoms with Crippen LogP contribution in [0.15, 0.2) is 27.6 Å². The molecule has 0 aliphatic rings. The van der Waals surface area contributed by atoms with E-state index in [0.717, 1.165) is 4.31 Å². The van der Waals surface area contributed by atoms with Gasteiger partial charge in [0, 0.05) is 25.2 Å². The Morgan fingerprint density at radius 1 is 1.53 bits per heavy atom. The molecule has 3 N–H and O–H groups in total. The first-order chi connectivity index (χ1) is 8.78. The first kappa shape index (κ1) is 16.4. The zero-order chi connectivity index (χ0) is 14.6. The molecule has 0 heterocycles. The maximum atomic E-state index is 12.3. The Morgan fingerprint density at radius 2 is 2.16 bits per heavy atom. The van der Waals surface area contributed by atoms with E-state index in [-0.39, 0.29) is 23.7 Å². The number of halogens is 1. The first-order valence-electron chi connectivity index (χ1n) is 5.47. The Morgan fingerprint density at radius 3 is 2.74 bits per heavy atom. The summed E-state index contributed by atoms with van der Waals surface area (Å²) in [6.45, 7) is -0.00401. The van der Waals surface area contributed by atoms with Crippen LogP contribution in [0.5, 0.6) is 0 Å². The van der Waals surface area contributed by atoms with Gasteiger partial charge >= 0.3 is 0 Å². The van der Waals surface area contributed by atoms with E-state index in [4.69, 9.17) is 10.5 Å². The van der Waals surface area contributed by atoms with Crippen LogP contribution in [0.1, 0.15) is 0 Å². The highest BCUT2D eigenvalue weighted by molar-refractivity contribution is 9.10. The van der Waals surface area contributed by atoms with Crippen molar-refractivity contribution in [3.05, 3.63) is 22.7 Å². The molecule has 0 radical (unpaired) electrons. The van der Waals surface area contributed by atoms with Crippen molar-refractivity contribution in [2.24, 2.45) is 0 Å². The molecule has 8 heteroatoms. The van der Waals surface area contributed by atoms with Gasteiger partial charge in [0.15, 0.2) is 0 Å². The Kier molecular flexibility index (Phi) is 5.75. The summed E-state index contributed by atoms with van der Waals surface area (Å²) >= 11 is 3.21. The van der Waals surface area contributed by atoms with Crippen molar-refractivity contribution in [1.82, 2.24) is 4.31 Å². The number of rotatable bonds is 6. The molecule has 0 spiro atoms. The number of ether oxygens (including phenoxy) is 1. The second kappa shape index (κ2) is 6.67. The predicted octanol–water partition coefficient (Wildman–Crippen LogP) is 0.659. The average Bonchev–Trinajstić information content (AvgIpc) is 2.32. The summed E-state index contributed by atoms with van der Waals surface area (Å²) in [5.41, 5.74) is 5.85. The number of hydrogen-bond donors (Lipinski definition) is 2. The van der Waals surface area contributed by atoms with Crippen LogP contribution < -0.4 is 5.73 Å². The van der Waals surface area contributed by atoms with E-state index in [1.807, 2.05) is 0 Å². The topological polar surface area (TPSA) is 92.9 Å². The van der Waals surface area contributed by atoms with E-state index in [2.05, 4.69) is 15.9 Å². The van der Waals surface area contributed by atoms with Gasteiger partial charge in [-0.2, -0.15) is 4.31 Å². The van der Waals surface area contributed by atoms with Crippen molar-refractivity contribution in [2.75, 3.05) is 33.0 Å². The zero-order valence-electron chi connectivity index (χ0n) is 10.7. The van der Waals surface area contributed by atoms with E-state index in [1.165, 1.54) is 26.3 Å². The molecule has 0 aromatic heterocycles. The minimum absolute atomic E-state index is 0.00833. The summed E-state index contributed by atoms with van der Waals surface area (Å²) in [6.07, 6.45) is -0.891. The molecular weight excluding hydrogens is 336 g/mol. The molecule has 0 bridgehead atoms. The van der Waals surface area contributed by atoms with Crippen LogP contribution in [-0.4, -0.2) is 51.2 Å². The predicted molar refractivity (Wildman–Crippen MR) is 76.3 cm³/mol. The fraction of sp³-hybridized carbons (Fsp3) is 0.455. The lowest BCUT2D eigenvalue weighted by molar-refractivity contribution is 0.0554. The van der Waals surface area contributed by atoms with Crippen molar-refractivity contribution in [3.63, 3.8) is 0 Å². The number of benzene rings is 1. The summed E-state index contributed by atoms with van der Waals surface area (Å²) in [5, 5.41) is 9.58. The molecule has 6 nitrogen and oxygen atoms in total. The molecule has 0 aliphatic carbocycles. The monoisotopic (exact) mass is 352 g/mol. The molecule has 1 atom stereocenters. The zero-order valence-corrected chi connectivity index (χ0v) is 13.1. The number of nitrogens with zero attached hydrogens (tertiary/aromatic N) is 1. The maximum Gasteiger partial charge on any atom is 0.244 e. The molecule has 0 saturated heterocycles. The van der Waals surface area contributed by atoms with E-state index >= 15 is 0 Å². The Hall–Kier alpha value is -0.670. The lowest BCUT2D eigenvalue weighted by Crippen LogP contribution is -2.36. The lowest BCUT2D eigenvalue weighted by atomic mass is 10.3. The molecular formula is C11H17BrN2O4S. The van der Waals surface area contributed by atoms with Gasteiger partial charge in [-0.25, -0.2) is 8.42 Å². The van der Waals surface area contributed by atoms with Gasteiger partial charge < -0.3 is 15.6 Å². The molecule has 0 aliphatic heterocycles. The van der Waals surface area contributed by atoms with Crippen molar-refractivity contribution in [1.29, 1.82) is 0 Å². The molecule has 1 rings (SSSR count). The third-order valence-corrected chi connectivity index (χ3v) is 4.86. The quantitative estimate of drug-likeness (QED) is 0.733. The van der Waals surface area contributed by atoms with Gasteiger partial charge in [0.2, 0.25) is 10.0 Å². The van der Waals surface area contributed by atoms with Gasteiger partial charge in [-0.1, -0.05) is 15.9 Å². The molecule has 0 saturated carbocycles. The second-order valence-electron chi connectivity index (χ2n) is 4.08. The SMILES string of the molecule is COCC(O)CN(C)S(=O)(=O)c1cc(Br)ccc1N. The van der Waals surface area contributed by atoms with Gasteiger partial charge in [0.1, 0.15) is 4.90 Å². The van der Waals surface area contributed by atoms with Crippen molar-refractivity contribution in [3.8, 4) is 0 Å². The number of likely N-dealkylation sites (N-methyl/N-ethyl adjacent to an activating group) is 1. The number of anilines is 1. The van der Waals surface area contributed by atoms with Crippen molar-refractivity contribution in [2.45, 2.75) is 11.0 Å². The summed E-state index contributed by atoms with van der Waals surface area (Å²) in [7, 11) is -0.925. The molecule has 108 valence electrons. The van der Waals surface area contributed by atoms with Crippen LogP contribution >= 0.6 is 15.9 Å². The number of methoxy groups -OCH3 is 1. The molecule has 1 aromatic rings. The summed E-state index contributed by atoms with van der Waals surface area (Å²) < 4.78 is 31.1. The number of hydrogen-bond acceptors (Lipinski definition) is 5. The fourth-order valence-corrected chi connectivity index (χ4v) is 3.40. The number of nitrogens with two attached hydrogens (primary N) is 1. The van der Waals surface area contributed by atoms with Crippen LogP contribution in [0, 0.1) is 0 Å². The second-order valence-corrected chi connectivity index (χ2v) is 7.01. The number of nitrogen functional groups attached to an aromatic ring is 1. The van der Waals surface area contributed by atoms with E-state index in [0.29, 0.717) is 4.47 Å². The molecule has 1 aromatic carbocycles. The van der Waals surface area contributed by atoms with Gasteiger partial charge in [-0.3, -0.25) is 0 Å². The smallest absolute Gasteiger partial charge is 0.244 e. The molecule has 0 amide bonds. The molecule has 0 fully saturated rings. The van der Waals surface area contributed by atoms with E-state index in [1.54, 1.807) is 6.07 Å². The molecule has 19 heavy (non-hydrogen) atoms. The fourth-order valence-electron chi connectivity index (χ4n) is 1.54. The minimum Gasteiger partial charge on any atom is -0.398 e. The Labute approximate surface area is 121 Å². The third kappa shape index (κ3) is 4.15. The number of aliphatic hydroxyl groups excluding tert-OH is 1. The van der Waals surface area contributed by atoms with Crippen molar-refractivity contribution < 1.29 is 18.3 Å². The van der Waals surface area contributed by atoms with Gasteiger partial charge in [0.25, 0.3) is 0 Å². The maximum absolute atomic E-state index is 12.3. The lowest BCUT2D eigenvalue weighted by Gasteiger charge is -2.21. The normalized spacial score (nSPS) is 13.7. The van der Waals surface area contributed by atoms with Crippen LogP contribution in [-0.2, 0) is 14.8 Å². The van der Waals surface area contributed by atoms with Gasteiger partial charge in [-0.15, -0.1) is 0 Å². The standard InChI is InChI=1S/C11H17BrN2O4S/c1-14(6-9(15)7-18-2)19(16,17)11-5-8(12)3-4-10(11)13/h3-5,9,15H,6-7,13H2,1-2H3. The van der Waals surface area contributed by atoms with Crippen LogP contribution in [0.25, 0.3) is 0 Å². The van der Waals surface area contributed by atoms with Crippen molar-refractivity contribution >= 4 is 31.6 Å². The third-order valence-electron chi connectivity index (χ3n) is 2.49. The Balaban J connectivity index is 3.00. The van der Waals surface area contributed by atoms with Crippen LogP contribution in [0.2, 0.25) is 0 Å². The highest BCUT2D eigenvalue weighted by Gasteiger charge is 2.25. The van der Waals surface area contributed by atoms with Gasteiger partial charge in [-0.05, 0) is 18.2 Å². The van der Waals surface area contributed by atoms with Crippen LogP contribution in [0.3, 0.4) is 0 Å².